The normalized spacial score (nSPS) is 19.2. The lowest BCUT2D eigenvalue weighted by atomic mass is 10.2. The summed E-state index contributed by atoms with van der Waals surface area (Å²) in [5.41, 5.74) is 1.40. The van der Waals surface area contributed by atoms with Crippen LogP contribution < -0.4 is 4.90 Å². The minimum absolute atomic E-state index is 0.211. The number of hydrogen-bond donors (Lipinski definition) is 1. The Morgan fingerprint density at radius 3 is 3.05 bits per heavy atom. The Morgan fingerprint density at radius 2 is 2.38 bits per heavy atom. The van der Waals surface area contributed by atoms with Gasteiger partial charge in [-0.05, 0) is 44.6 Å². The molecule has 21 heavy (non-hydrogen) atoms. The molecular formula is C15H19N3O3. The highest BCUT2D eigenvalue weighted by Crippen LogP contribution is 2.24. The van der Waals surface area contributed by atoms with Gasteiger partial charge in [-0.2, -0.15) is 4.98 Å². The quantitative estimate of drug-likeness (QED) is 0.929. The first kappa shape index (κ1) is 13.9. The highest BCUT2D eigenvalue weighted by molar-refractivity contribution is 5.92. The molecule has 0 amide bonds. The smallest absolute Gasteiger partial charge is 0.335 e. The molecule has 1 N–H and O–H groups in total. The van der Waals surface area contributed by atoms with Crippen LogP contribution in [0.1, 0.15) is 23.2 Å². The van der Waals surface area contributed by atoms with Crippen molar-refractivity contribution >= 4 is 23.1 Å². The molecule has 1 aliphatic heterocycles. The van der Waals surface area contributed by atoms with Crippen LogP contribution in [0.5, 0.6) is 0 Å². The molecule has 6 heteroatoms. The number of nitrogens with zero attached hydrogens (tertiary/aromatic N) is 3. The van der Waals surface area contributed by atoms with Gasteiger partial charge in [0.25, 0.3) is 6.01 Å². The standard InChI is InChI=1S/C15H19N3O3/c1-17-7-3-4-11(17)9-18(2)15-16-12-6-5-10(14(19)20)8-13(12)21-15/h5-6,8,11H,3-4,7,9H2,1-2H3,(H,19,20). The first-order valence-electron chi connectivity index (χ1n) is 7.10. The number of aromatic carboxylic acids is 1. The van der Waals surface area contributed by atoms with Crippen LogP contribution >= 0.6 is 0 Å². The summed E-state index contributed by atoms with van der Waals surface area (Å²) in [6, 6.07) is 5.79. The molecule has 6 nitrogen and oxygen atoms in total. The summed E-state index contributed by atoms with van der Waals surface area (Å²) in [6.45, 7) is 1.99. The van der Waals surface area contributed by atoms with Gasteiger partial charge in [0.2, 0.25) is 0 Å². The Hall–Kier alpha value is -2.08. The maximum atomic E-state index is 11.0. The third kappa shape index (κ3) is 2.71. The van der Waals surface area contributed by atoms with Gasteiger partial charge in [0.15, 0.2) is 5.58 Å². The van der Waals surface area contributed by atoms with Gasteiger partial charge in [-0.25, -0.2) is 4.79 Å². The molecule has 1 unspecified atom stereocenters. The number of carboxylic acids is 1. The zero-order valence-corrected chi connectivity index (χ0v) is 12.2. The average Bonchev–Trinajstić information content (AvgIpc) is 3.04. The van der Waals surface area contributed by atoms with E-state index in [2.05, 4.69) is 16.9 Å². The van der Waals surface area contributed by atoms with Crippen LogP contribution in [0.3, 0.4) is 0 Å². The van der Waals surface area contributed by atoms with E-state index in [-0.39, 0.29) is 5.56 Å². The van der Waals surface area contributed by atoms with E-state index in [0.717, 1.165) is 13.1 Å². The van der Waals surface area contributed by atoms with E-state index in [1.165, 1.54) is 18.9 Å². The zero-order chi connectivity index (χ0) is 15.0. The van der Waals surface area contributed by atoms with Crippen molar-refractivity contribution in [1.82, 2.24) is 9.88 Å². The predicted octanol–water partition coefficient (Wildman–Crippen LogP) is 2.06. The molecule has 1 aromatic heterocycles. The number of likely N-dealkylation sites (tertiary alicyclic amines) is 1. The summed E-state index contributed by atoms with van der Waals surface area (Å²) in [5, 5.41) is 9.00. The number of rotatable bonds is 4. The van der Waals surface area contributed by atoms with Crippen molar-refractivity contribution in [2.75, 3.05) is 32.1 Å². The first-order valence-corrected chi connectivity index (χ1v) is 7.10. The number of benzene rings is 1. The third-order valence-corrected chi connectivity index (χ3v) is 4.11. The fourth-order valence-electron chi connectivity index (χ4n) is 2.81. The molecule has 0 aliphatic carbocycles. The highest BCUT2D eigenvalue weighted by atomic mass is 16.4. The van der Waals surface area contributed by atoms with Gasteiger partial charge >= 0.3 is 5.97 Å². The largest absolute Gasteiger partial charge is 0.478 e. The van der Waals surface area contributed by atoms with Crippen LogP contribution in [0.2, 0.25) is 0 Å². The van der Waals surface area contributed by atoms with Crippen molar-refractivity contribution in [2.24, 2.45) is 0 Å². The molecule has 1 aromatic carbocycles. The molecule has 2 heterocycles. The molecule has 0 radical (unpaired) electrons. The molecule has 1 fully saturated rings. The van der Waals surface area contributed by atoms with E-state index in [1.54, 1.807) is 12.1 Å². The number of anilines is 1. The van der Waals surface area contributed by atoms with Crippen LogP contribution in [0.4, 0.5) is 6.01 Å². The monoisotopic (exact) mass is 289 g/mol. The SMILES string of the molecule is CN(CC1CCCN1C)c1nc2ccc(C(=O)O)cc2o1. The summed E-state index contributed by atoms with van der Waals surface area (Å²) in [6.07, 6.45) is 2.41. The van der Waals surface area contributed by atoms with E-state index in [4.69, 9.17) is 9.52 Å². The number of likely N-dealkylation sites (N-methyl/N-ethyl adjacent to an activating group) is 2. The van der Waals surface area contributed by atoms with Crippen molar-refractivity contribution in [3.05, 3.63) is 23.8 Å². The number of aromatic nitrogens is 1. The lowest BCUT2D eigenvalue weighted by molar-refractivity contribution is 0.0697. The Bertz CT molecular complexity index is 667. The Labute approximate surface area is 123 Å². The first-order chi connectivity index (χ1) is 10.0. The van der Waals surface area contributed by atoms with E-state index < -0.39 is 5.97 Å². The summed E-state index contributed by atoms with van der Waals surface area (Å²) in [4.78, 5) is 19.7. The molecule has 1 aliphatic rings. The van der Waals surface area contributed by atoms with Gasteiger partial charge in [-0.15, -0.1) is 0 Å². The summed E-state index contributed by atoms with van der Waals surface area (Å²) < 4.78 is 5.70. The molecule has 0 saturated carbocycles. The second-order valence-electron chi connectivity index (χ2n) is 5.64. The molecule has 3 rings (SSSR count). The minimum atomic E-state index is -0.962. The van der Waals surface area contributed by atoms with Gasteiger partial charge in [-0.1, -0.05) is 0 Å². The number of fused-ring (bicyclic) bond motifs is 1. The fraction of sp³-hybridized carbons (Fsp3) is 0.467. The zero-order valence-electron chi connectivity index (χ0n) is 12.2. The second-order valence-corrected chi connectivity index (χ2v) is 5.64. The topological polar surface area (TPSA) is 69.8 Å². The summed E-state index contributed by atoms with van der Waals surface area (Å²) in [5.74, 6) is -0.962. The molecular weight excluding hydrogens is 270 g/mol. The van der Waals surface area contributed by atoms with Gasteiger partial charge in [0.05, 0.1) is 5.56 Å². The van der Waals surface area contributed by atoms with Gasteiger partial charge in [0.1, 0.15) is 5.52 Å². The number of hydrogen-bond acceptors (Lipinski definition) is 5. The Balaban J connectivity index is 1.81. The lowest BCUT2D eigenvalue weighted by Gasteiger charge is -2.24. The van der Waals surface area contributed by atoms with E-state index >= 15 is 0 Å². The number of carboxylic acid groups (broad SMARTS) is 1. The molecule has 1 atom stereocenters. The average molecular weight is 289 g/mol. The third-order valence-electron chi connectivity index (χ3n) is 4.11. The van der Waals surface area contributed by atoms with Crippen molar-refractivity contribution in [3.8, 4) is 0 Å². The molecule has 0 bridgehead atoms. The molecule has 0 spiro atoms. The molecule has 112 valence electrons. The van der Waals surface area contributed by atoms with Crippen LogP contribution in [-0.2, 0) is 0 Å². The van der Waals surface area contributed by atoms with Crippen LogP contribution in [0.25, 0.3) is 11.1 Å². The highest BCUT2D eigenvalue weighted by Gasteiger charge is 2.23. The van der Waals surface area contributed by atoms with E-state index in [9.17, 15) is 4.79 Å². The summed E-state index contributed by atoms with van der Waals surface area (Å²) in [7, 11) is 4.09. The van der Waals surface area contributed by atoms with Crippen LogP contribution in [0.15, 0.2) is 22.6 Å². The summed E-state index contributed by atoms with van der Waals surface area (Å²) >= 11 is 0. The number of oxazole rings is 1. The van der Waals surface area contributed by atoms with Gasteiger partial charge in [0, 0.05) is 19.6 Å². The maximum absolute atomic E-state index is 11.0. The van der Waals surface area contributed by atoms with Crippen LogP contribution in [0, 0.1) is 0 Å². The van der Waals surface area contributed by atoms with Gasteiger partial charge in [-0.3, -0.25) is 0 Å². The maximum Gasteiger partial charge on any atom is 0.335 e. The minimum Gasteiger partial charge on any atom is -0.478 e. The van der Waals surface area contributed by atoms with E-state index in [1.807, 2.05) is 11.9 Å². The predicted molar refractivity (Wildman–Crippen MR) is 79.9 cm³/mol. The van der Waals surface area contributed by atoms with Gasteiger partial charge < -0.3 is 19.3 Å². The molecule has 1 saturated heterocycles. The van der Waals surface area contributed by atoms with Crippen molar-refractivity contribution in [2.45, 2.75) is 18.9 Å². The second kappa shape index (κ2) is 5.37. The number of carbonyl (C=O) groups is 1. The molecule has 2 aromatic rings. The van der Waals surface area contributed by atoms with Crippen molar-refractivity contribution in [1.29, 1.82) is 0 Å². The fourth-order valence-corrected chi connectivity index (χ4v) is 2.81. The lowest BCUT2D eigenvalue weighted by Crippen LogP contribution is -2.36. The Morgan fingerprint density at radius 1 is 1.57 bits per heavy atom. The van der Waals surface area contributed by atoms with Crippen molar-refractivity contribution in [3.63, 3.8) is 0 Å². The van der Waals surface area contributed by atoms with E-state index in [0.29, 0.717) is 23.2 Å². The van der Waals surface area contributed by atoms with Crippen LogP contribution in [-0.4, -0.2) is 54.2 Å². The Kier molecular flexibility index (Phi) is 3.55. The van der Waals surface area contributed by atoms with Crippen molar-refractivity contribution < 1.29 is 14.3 Å².